The van der Waals surface area contributed by atoms with Crippen LogP contribution in [0.25, 0.3) is 5.69 Å². The van der Waals surface area contributed by atoms with Crippen molar-refractivity contribution in [3.05, 3.63) is 53.6 Å². The summed E-state index contributed by atoms with van der Waals surface area (Å²) in [5, 5.41) is 15.0. The number of anilines is 1. The molecule has 0 fully saturated rings. The molecule has 7 nitrogen and oxygen atoms in total. The second-order valence-electron chi connectivity index (χ2n) is 6.35. The maximum absolute atomic E-state index is 12.6. The summed E-state index contributed by atoms with van der Waals surface area (Å²) in [4.78, 5) is 12.6. The Bertz CT molecular complexity index is 955. The summed E-state index contributed by atoms with van der Waals surface area (Å²) in [6.45, 7) is 5.91. The van der Waals surface area contributed by atoms with Crippen molar-refractivity contribution < 1.29 is 9.53 Å². The van der Waals surface area contributed by atoms with Gasteiger partial charge in [-0.3, -0.25) is 4.79 Å². The molecule has 0 aliphatic rings. The Balaban J connectivity index is 1.74. The van der Waals surface area contributed by atoms with Crippen LogP contribution in [-0.2, 0) is 11.2 Å². The minimum atomic E-state index is -0.383. The SMILES string of the molecule is CCc1ccc(NC(=O)C(C)Sc2nnnn2-c2cc(C)ccc2OC)cc1. The number of hydrogen-bond donors (Lipinski definition) is 1. The first kappa shape index (κ1) is 19.9. The number of methoxy groups -OCH3 is 1. The van der Waals surface area contributed by atoms with Gasteiger partial charge in [-0.25, -0.2) is 0 Å². The molecule has 146 valence electrons. The number of carbonyl (C=O) groups is 1. The van der Waals surface area contributed by atoms with Crippen LogP contribution in [0.2, 0.25) is 0 Å². The Hall–Kier alpha value is -2.87. The second-order valence-corrected chi connectivity index (χ2v) is 7.66. The number of aryl methyl sites for hydroxylation is 2. The van der Waals surface area contributed by atoms with Crippen molar-refractivity contribution in [2.45, 2.75) is 37.6 Å². The van der Waals surface area contributed by atoms with E-state index >= 15 is 0 Å². The highest BCUT2D eigenvalue weighted by molar-refractivity contribution is 8.00. The first-order valence-electron chi connectivity index (χ1n) is 9.01. The fourth-order valence-corrected chi connectivity index (χ4v) is 3.45. The number of benzene rings is 2. The van der Waals surface area contributed by atoms with Crippen LogP contribution in [0.1, 0.15) is 25.0 Å². The van der Waals surface area contributed by atoms with Crippen LogP contribution in [0.5, 0.6) is 5.75 Å². The summed E-state index contributed by atoms with van der Waals surface area (Å²) in [6.07, 6.45) is 0.964. The smallest absolute Gasteiger partial charge is 0.237 e. The van der Waals surface area contributed by atoms with Crippen LogP contribution < -0.4 is 10.1 Å². The standard InChI is InChI=1S/C20H23N5O2S/c1-5-15-7-9-16(10-8-15)21-19(26)14(3)28-20-22-23-24-25(20)17-12-13(2)6-11-18(17)27-4/h6-12,14H,5H2,1-4H3,(H,21,26). The molecule has 1 unspecified atom stereocenters. The summed E-state index contributed by atoms with van der Waals surface area (Å²) < 4.78 is 7.02. The maximum Gasteiger partial charge on any atom is 0.237 e. The van der Waals surface area contributed by atoms with E-state index in [1.807, 2.05) is 56.3 Å². The topological polar surface area (TPSA) is 81.9 Å². The highest BCUT2D eigenvalue weighted by atomic mass is 32.2. The van der Waals surface area contributed by atoms with E-state index in [4.69, 9.17) is 4.74 Å². The van der Waals surface area contributed by atoms with Crippen molar-refractivity contribution in [1.82, 2.24) is 20.2 Å². The molecule has 3 aromatic rings. The van der Waals surface area contributed by atoms with Crippen LogP contribution in [-0.4, -0.2) is 38.5 Å². The van der Waals surface area contributed by atoms with Gasteiger partial charge in [-0.05, 0) is 66.1 Å². The molecule has 1 N–H and O–H groups in total. The molecule has 0 saturated carbocycles. The van der Waals surface area contributed by atoms with E-state index in [0.29, 0.717) is 10.9 Å². The van der Waals surface area contributed by atoms with E-state index in [1.54, 1.807) is 11.8 Å². The molecule has 28 heavy (non-hydrogen) atoms. The first-order valence-corrected chi connectivity index (χ1v) is 9.89. The van der Waals surface area contributed by atoms with Gasteiger partial charge >= 0.3 is 0 Å². The van der Waals surface area contributed by atoms with Crippen LogP contribution in [0.15, 0.2) is 47.6 Å². The molecule has 3 rings (SSSR count). The monoisotopic (exact) mass is 397 g/mol. The summed E-state index contributed by atoms with van der Waals surface area (Å²) in [5.74, 6) is 0.549. The molecule has 0 aliphatic heterocycles. The first-order chi connectivity index (χ1) is 13.5. The molecule has 1 amide bonds. The number of nitrogens with one attached hydrogen (secondary N) is 1. The molecule has 2 aromatic carbocycles. The predicted molar refractivity (Wildman–Crippen MR) is 110 cm³/mol. The van der Waals surface area contributed by atoms with Gasteiger partial charge in [0, 0.05) is 5.69 Å². The molecule has 0 radical (unpaired) electrons. The minimum Gasteiger partial charge on any atom is -0.494 e. The number of tetrazole rings is 1. The Morgan fingerprint density at radius 2 is 2.00 bits per heavy atom. The third-order valence-electron chi connectivity index (χ3n) is 4.28. The molecular formula is C20H23N5O2S. The van der Waals surface area contributed by atoms with Crippen LogP contribution >= 0.6 is 11.8 Å². The highest BCUT2D eigenvalue weighted by Crippen LogP contribution is 2.29. The minimum absolute atomic E-state index is 0.111. The lowest BCUT2D eigenvalue weighted by atomic mass is 10.1. The van der Waals surface area contributed by atoms with Crippen molar-refractivity contribution in [3.63, 3.8) is 0 Å². The average molecular weight is 398 g/mol. The zero-order valence-electron chi connectivity index (χ0n) is 16.3. The molecule has 0 saturated heterocycles. The zero-order valence-corrected chi connectivity index (χ0v) is 17.2. The highest BCUT2D eigenvalue weighted by Gasteiger charge is 2.21. The quantitative estimate of drug-likeness (QED) is 0.613. The molecule has 0 aliphatic carbocycles. The fourth-order valence-electron chi connectivity index (χ4n) is 2.65. The Morgan fingerprint density at radius 3 is 2.68 bits per heavy atom. The Labute approximate surface area is 168 Å². The van der Waals surface area contributed by atoms with Crippen molar-refractivity contribution in [2.75, 3.05) is 12.4 Å². The molecule has 1 heterocycles. The normalized spacial score (nSPS) is 11.9. The number of hydrogen-bond acceptors (Lipinski definition) is 6. The van der Waals surface area contributed by atoms with Crippen LogP contribution in [0, 0.1) is 6.92 Å². The molecule has 0 spiro atoms. The second kappa shape index (κ2) is 8.88. The molecule has 0 bridgehead atoms. The van der Waals surface area contributed by atoms with Crippen LogP contribution in [0.3, 0.4) is 0 Å². The van der Waals surface area contributed by atoms with Gasteiger partial charge in [0.25, 0.3) is 0 Å². The number of amides is 1. The number of carbonyl (C=O) groups excluding carboxylic acids is 1. The lowest BCUT2D eigenvalue weighted by Crippen LogP contribution is -2.23. The predicted octanol–water partition coefficient (Wildman–Crippen LogP) is 3.66. The number of thioether (sulfide) groups is 1. The lowest BCUT2D eigenvalue weighted by Gasteiger charge is -2.13. The number of rotatable bonds is 7. The van der Waals surface area contributed by atoms with Gasteiger partial charge in [-0.2, -0.15) is 4.68 Å². The van der Waals surface area contributed by atoms with E-state index in [1.165, 1.54) is 17.3 Å². The van der Waals surface area contributed by atoms with Crippen LogP contribution in [0.4, 0.5) is 5.69 Å². The largest absolute Gasteiger partial charge is 0.494 e. The van der Waals surface area contributed by atoms with Gasteiger partial charge in [-0.1, -0.05) is 36.9 Å². The third kappa shape index (κ3) is 4.51. The van der Waals surface area contributed by atoms with E-state index < -0.39 is 0 Å². The molecule has 1 aromatic heterocycles. The Kier molecular flexibility index (Phi) is 6.30. The van der Waals surface area contributed by atoms with Crippen molar-refractivity contribution >= 4 is 23.4 Å². The molecule has 1 atom stereocenters. The van der Waals surface area contributed by atoms with E-state index in [2.05, 4.69) is 27.8 Å². The third-order valence-corrected chi connectivity index (χ3v) is 5.32. The van der Waals surface area contributed by atoms with Crippen molar-refractivity contribution in [2.24, 2.45) is 0 Å². The average Bonchev–Trinajstić information content (AvgIpc) is 3.16. The Morgan fingerprint density at radius 1 is 1.25 bits per heavy atom. The van der Waals surface area contributed by atoms with Gasteiger partial charge in [0.1, 0.15) is 11.4 Å². The van der Waals surface area contributed by atoms with Gasteiger partial charge < -0.3 is 10.1 Å². The van der Waals surface area contributed by atoms with Crippen molar-refractivity contribution in [3.8, 4) is 11.4 Å². The number of aromatic nitrogens is 4. The summed E-state index contributed by atoms with van der Waals surface area (Å²) >= 11 is 1.29. The van der Waals surface area contributed by atoms with Gasteiger partial charge in [-0.15, -0.1) is 5.10 Å². The molecule has 8 heteroatoms. The molecular weight excluding hydrogens is 374 g/mol. The number of ether oxygens (including phenoxy) is 1. The van der Waals surface area contributed by atoms with Gasteiger partial charge in [0.05, 0.1) is 12.4 Å². The van der Waals surface area contributed by atoms with Gasteiger partial charge in [0.15, 0.2) is 0 Å². The summed E-state index contributed by atoms with van der Waals surface area (Å²) in [7, 11) is 1.60. The van der Waals surface area contributed by atoms with Crippen molar-refractivity contribution in [1.29, 1.82) is 0 Å². The number of nitrogens with zero attached hydrogens (tertiary/aromatic N) is 4. The lowest BCUT2D eigenvalue weighted by molar-refractivity contribution is -0.115. The summed E-state index contributed by atoms with van der Waals surface area (Å²) in [5.41, 5.74) is 3.79. The summed E-state index contributed by atoms with van der Waals surface area (Å²) in [6, 6.07) is 13.6. The maximum atomic E-state index is 12.6. The van der Waals surface area contributed by atoms with Gasteiger partial charge in [0.2, 0.25) is 11.1 Å². The zero-order chi connectivity index (χ0) is 20.1. The van der Waals surface area contributed by atoms with E-state index in [-0.39, 0.29) is 11.2 Å². The van der Waals surface area contributed by atoms with E-state index in [0.717, 1.165) is 23.4 Å². The van der Waals surface area contributed by atoms with E-state index in [9.17, 15) is 4.79 Å². The fraction of sp³-hybridized carbons (Fsp3) is 0.300.